The first-order chi connectivity index (χ1) is 6.68. The lowest BCUT2D eigenvalue weighted by atomic mass is 9.77. The fraction of sp³-hybridized carbons (Fsp3) is 1.00. The summed E-state index contributed by atoms with van der Waals surface area (Å²) >= 11 is 2.11. The maximum Gasteiger partial charge on any atom is 0.0283 e. The van der Waals surface area contributed by atoms with Crippen LogP contribution in [-0.2, 0) is 0 Å². The summed E-state index contributed by atoms with van der Waals surface area (Å²) in [5, 5.41) is 0.843. The average Bonchev–Trinajstić information content (AvgIpc) is 2.29. The van der Waals surface area contributed by atoms with Gasteiger partial charge in [0.1, 0.15) is 0 Å². The highest BCUT2D eigenvalue weighted by Gasteiger charge is 2.34. The molecule has 82 valence electrons. The molecule has 14 heavy (non-hydrogen) atoms. The molecule has 0 aromatic carbocycles. The normalized spacial score (nSPS) is 33.4. The molecular weight excluding hydrogens is 192 g/mol. The van der Waals surface area contributed by atoms with Crippen LogP contribution < -0.4 is 5.73 Å². The highest BCUT2D eigenvalue weighted by Crippen LogP contribution is 2.30. The Kier molecular flexibility index (Phi) is 3.40. The fourth-order valence-electron chi connectivity index (χ4n) is 2.33. The van der Waals surface area contributed by atoms with Gasteiger partial charge in [0, 0.05) is 29.6 Å². The number of rotatable bonds is 2. The second-order valence-corrected chi connectivity index (χ2v) is 6.51. The minimum Gasteiger partial charge on any atom is -0.324 e. The largest absolute Gasteiger partial charge is 0.324 e. The molecule has 1 saturated heterocycles. The highest BCUT2D eigenvalue weighted by molar-refractivity contribution is 7.99. The maximum absolute atomic E-state index is 6.27. The summed E-state index contributed by atoms with van der Waals surface area (Å²) < 4.78 is 0. The third kappa shape index (κ3) is 2.65. The van der Waals surface area contributed by atoms with Crippen molar-refractivity contribution < 1.29 is 0 Å². The van der Waals surface area contributed by atoms with Crippen LogP contribution in [0.3, 0.4) is 0 Å². The molecule has 0 bridgehead atoms. The zero-order valence-corrected chi connectivity index (χ0v) is 9.98. The van der Waals surface area contributed by atoms with Crippen molar-refractivity contribution in [2.24, 2.45) is 5.73 Å². The van der Waals surface area contributed by atoms with Gasteiger partial charge in [0.15, 0.2) is 0 Å². The summed E-state index contributed by atoms with van der Waals surface area (Å²) in [5.74, 6) is 1.29. The van der Waals surface area contributed by atoms with E-state index in [1.54, 1.807) is 0 Å². The number of thioether (sulfide) groups is 1. The molecule has 2 nitrogen and oxygen atoms in total. The van der Waals surface area contributed by atoms with Gasteiger partial charge in [-0.15, -0.1) is 0 Å². The van der Waals surface area contributed by atoms with Crippen LogP contribution in [0, 0.1) is 0 Å². The molecule has 1 saturated carbocycles. The van der Waals surface area contributed by atoms with E-state index in [-0.39, 0.29) is 5.54 Å². The zero-order chi connectivity index (χ0) is 10.0. The predicted octanol–water partition coefficient (Wildman–Crippen LogP) is 1.70. The Bertz CT molecular complexity index is 192. The Balaban J connectivity index is 1.79. The van der Waals surface area contributed by atoms with Gasteiger partial charge in [0.2, 0.25) is 0 Å². The third-order valence-electron chi connectivity index (χ3n) is 3.55. The third-order valence-corrected chi connectivity index (χ3v) is 4.77. The van der Waals surface area contributed by atoms with Gasteiger partial charge in [-0.2, -0.15) is 11.8 Å². The Morgan fingerprint density at radius 1 is 1.43 bits per heavy atom. The summed E-state index contributed by atoms with van der Waals surface area (Å²) in [7, 11) is 0. The molecule has 0 amide bonds. The van der Waals surface area contributed by atoms with Crippen molar-refractivity contribution in [3.63, 3.8) is 0 Å². The van der Waals surface area contributed by atoms with E-state index < -0.39 is 0 Å². The lowest BCUT2D eigenvalue weighted by Gasteiger charge is -2.41. The highest BCUT2D eigenvalue weighted by atomic mass is 32.2. The number of nitrogens with zero attached hydrogens (tertiary/aromatic N) is 1. The number of hydrogen-bond acceptors (Lipinski definition) is 3. The first-order valence-electron chi connectivity index (χ1n) is 5.81. The molecular formula is C11H22N2S. The van der Waals surface area contributed by atoms with Gasteiger partial charge in [0.05, 0.1) is 0 Å². The quantitative estimate of drug-likeness (QED) is 0.758. The molecule has 2 rings (SSSR count). The molecule has 1 heterocycles. The molecule has 3 heteroatoms. The molecule has 1 unspecified atom stereocenters. The SMILES string of the molecule is CC1CCN(CC2(N)CCC2)CCS1. The van der Waals surface area contributed by atoms with E-state index in [4.69, 9.17) is 5.73 Å². The first-order valence-corrected chi connectivity index (χ1v) is 6.86. The van der Waals surface area contributed by atoms with Gasteiger partial charge in [-0.3, -0.25) is 0 Å². The second-order valence-electron chi connectivity index (χ2n) is 4.96. The van der Waals surface area contributed by atoms with Gasteiger partial charge < -0.3 is 10.6 Å². The van der Waals surface area contributed by atoms with Gasteiger partial charge in [-0.1, -0.05) is 6.92 Å². The van der Waals surface area contributed by atoms with Gasteiger partial charge in [-0.25, -0.2) is 0 Å². The number of nitrogens with two attached hydrogens (primary N) is 1. The van der Waals surface area contributed by atoms with Crippen LogP contribution in [0.15, 0.2) is 0 Å². The first kappa shape index (κ1) is 10.8. The van der Waals surface area contributed by atoms with Crippen LogP contribution in [0.5, 0.6) is 0 Å². The van der Waals surface area contributed by atoms with Crippen molar-refractivity contribution in [3.05, 3.63) is 0 Å². The Morgan fingerprint density at radius 3 is 2.86 bits per heavy atom. The van der Waals surface area contributed by atoms with Crippen molar-refractivity contribution in [3.8, 4) is 0 Å². The van der Waals surface area contributed by atoms with E-state index in [9.17, 15) is 0 Å². The van der Waals surface area contributed by atoms with Crippen LogP contribution in [-0.4, -0.2) is 41.1 Å². The van der Waals surface area contributed by atoms with Crippen molar-refractivity contribution in [2.75, 3.05) is 25.4 Å². The summed E-state index contributed by atoms with van der Waals surface area (Å²) in [6.45, 7) is 5.98. The number of hydrogen-bond donors (Lipinski definition) is 1. The molecule has 0 spiro atoms. The van der Waals surface area contributed by atoms with E-state index in [1.165, 1.54) is 44.5 Å². The maximum atomic E-state index is 6.27. The summed E-state index contributed by atoms with van der Waals surface area (Å²) in [5.41, 5.74) is 6.45. The standard InChI is InChI=1S/C11H22N2S/c1-10-3-6-13(7-8-14-10)9-11(12)4-2-5-11/h10H,2-9,12H2,1H3. The monoisotopic (exact) mass is 214 g/mol. The van der Waals surface area contributed by atoms with E-state index >= 15 is 0 Å². The second kappa shape index (κ2) is 4.42. The van der Waals surface area contributed by atoms with E-state index in [0.717, 1.165) is 11.8 Å². The molecule has 0 aromatic heterocycles. The summed E-state index contributed by atoms with van der Waals surface area (Å²) in [6, 6.07) is 0. The van der Waals surface area contributed by atoms with Crippen LogP contribution in [0.1, 0.15) is 32.6 Å². The van der Waals surface area contributed by atoms with Crippen LogP contribution in [0.4, 0.5) is 0 Å². The van der Waals surface area contributed by atoms with E-state index in [2.05, 4.69) is 23.6 Å². The molecule has 0 aromatic rings. The predicted molar refractivity (Wildman–Crippen MR) is 63.7 cm³/mol. The van der Waals surface area contributed by atoms with Crippen molar-refractivity contribution >= 4 is 11.8 Å². The lowest BCUT2D eigenvalue weighted by Crippen LogP contribution is -2.55. The Hall–Kier alpha value is 0.270. The minimum absolute atomic E-state index is 0.179. The van der Waals surface area contributed by atoms with Crippen LogP contribution in [0.2, 0.25) is 0 Å². The topological polar surface area (TPSA) is 29.3 Å². The smallest absolute Gasteiger partial charge is 0.0283 e. The van der Waals surface area contributed by atoms with Gasteiger partial charge in [-0.05, 0) is 32.2 Å². The van der Waals surface area contributed by atoms with Crippen molar-refractivity contribution in [1.82, 2.24) is 4.90 Å². The van der Waals surface area contributed by atoms with Crippen molar-refractivity contribution in [2.45, 2.75) is 43.4 Å². The minimum atomic E-state index is 0.179. The molecule has 1 aliphatic heterocycles. The van der Waals surface area contributed by atoms with Crippen LogP contribution >= 0.6 is 11.8 Å². The van der Waals surface area contributed by atoms with Crippen molar-refractivity contribution in [1.29, 1.82) is 0 Å². The molecule has 2 fully saturated rings. The van der Waals surface area contributed by atoms with Gasteiger partial charge >= 0.3 is 0 Å². The fourth-order valence-corrected chi connectivity index (χ4v) is 3.37. The zero-order valence-electron chi connectivity index (χ0n) is 9.17. The molecule has 2 N–H and O–H groups in total. The molecule has 0 radical (unpaired) electrons. The average molecular weight is 214 g/mol. The van der Waals surface area contributed by atoms with E-state index in [0.29, 0.717) is 0 Å². The molecule has 2 aliphatic rings. The molecule has 1 aliphatic carbocycles. The Morgan fingerprint density at radius 2 is 2.21 bits per heavy atom. The van der Waals surface area contributed by atoms with E-state index in [1.807, 2.05) is 0 Å². The lowest BCUT2D eigenvalue weighted by molar-refractivity contribution is 0.150. The summed E-state index contributed by atoms with van der Waals surface area (Å²) in [6.07, 6.45) is 5.16. The van der Waals surface area contributed by atoms with Gasteiger partial charge in [0.25, 0.3) is 0 Å². The molecule has 1 atom stereocenters. The Labute approximate surface area is 91.6 Å². The van der Waals surface area contributed by atoms with Crippen LogP contribution in [0.25, 0.3) is 0 Å². The summed E-state index contributed by atoms with van der Waals surface area (Å²) in [4.78, 5) is 2.58.